The highest BCUT2D eigenvalue weighted by molar-refractivity contribution is 5.95. The van der Waals surface area contributed by atoms with Crippen LogP contribution < -0.4 is 10.9 Å². The van der Waals surface area contributed by atoms with Gasteiger partial charge in [0.1, 0.15) is 5.56 Å². The Morgan fingerprint density at radius 3 is 2.73 bits per heavy atom. The average Bonchev–Trinajstić information content (AvgIpc) is 2.45. The van der Waals surface area contributed by atoms with Crippen LogP contribution in [0.2, 0.25) is 0 Å². The molecule has 0 radical (unpaired) electrons. The van der Waals surface area contributed by atoms with Crippen molar-refractivity contribution in [3.8, 4) is 0 Å². The van der Waals surface area contributed by atoms with E-state index >= 15 is 0 Å². The fourth-order valence-electron chi connectivity index (χ4n) is 2.43. The molecule has 0 bridgehead atoms. The number of carbonyl (C=O) groups is 1. The minimum absolute atomic E-state index is 0.104. The van der Waals surface area contributed by atoms with Gasteiger partial charge in [0.2, 0.25) is 0 Å². The van der Waals surface area contributed by atoms with Crippen LogP contribution in [-0.4, -0.2) is 21.5 Å². The number of aryl methyl sites for hydroxylation is 2. The molecule has 0 aliphatic heterocycles. The second kappa shape index (κ2) is 6.56. The first-order valence-electron chi connectivity index (χ1n) is 7.28. The zero-order valence-corrected chi connectivity index (χ0v) is 13.4. The quantitative estimate of drug-likeness (QED) is 0.935. The fourth-order valence-corrected chi connectivity index (χ4v) is 2.43. The molecule has 0 aliphatic rings. The van der Waals surface area contributed by atoms with E-state index in [9.17, 15) is 9.59 Å². The van der Waals surface area contributed by atoms with Gasteiger partial charge in [0, 0.05) is 37.1 Å². The summed E-state index contributed by atoms with van der Waals surface area (Å²) >= 11 is 0. The maximum atomic E-state index is 12.4. The summed E-state index contributed by atoms with van der Waals surface area (Å²) in [6.45, 7) is 5.53. The summed E-state index contributed by atoms with van der Waals surface area (Å²) in [6, 6.07) is 7.43. The number of carbonyl (C=O) groups excluding carboxylic acids is 1. The average molecular weight is 299 g/mol. The van der Waals surface area contributed by atoms with Crippen molar-refractivity contribution in [2.45, 2.75) is 33.2 Å². The number of nitrogens with one attached hydrogen (secondary N) is 1. The summed E-state index contributed by atoms with van der Waals surface area (Å²) in [5.74, 6) is -0.332. The van der Waals surface area contributed by atoms with Crippen LogP contribution in [0.3, 0.4) is 0 Å². The third-order valence-corrected chi connectivity index (χ3v) is 3.71. The van der Waals surface area contributed by atoms with E-state index in [4.69, 9.17) is 0 Å². The van der Waals surface area contributed by atoms with Crippen molar-refractivity contribution < 1.29 is 4.79 Å². The first-order chi connectivity index (χ1) is 10.4. The number of nitrogens with zero attached hydrogens (tertiary/aromatic N) is 2. The predicted octanol–water partition coefficient (Wildman–Crippen LogP) is 1.76. The Bertz CT molecular complexity index is 736. The lowest BCUT2D eigenvalue weighted by molar-refractivity contribution is 0.0937. The molecule has 116 valence electrons. The molecule has 0 spiro atoms. The lowest BCUT2D eigenvalue weighted by Crippen LogP contribution is -2.39. The van der Waals surface area contributed by atoms with E-state index in [0.29, 0.717) is 12.0 Å². The molecule has 2 aromatic heterocycles. The number of hydrogen-bond acceptors (Lipinski definition) is 3. The zero-order valence-electron chi connectivity index (χ0n) is 13.4. The van der Waals surface area contributed by atoms with Crippen LogP contribution in [0.4, 0.5) is 0 Å². The smallest absolute Gasteiger partial charge is 0.263 e. The molecule has 1 amide bonds. The van der Waals surface area contributed by atoms with Crippen molar-refractivity contribution in [1.29, 1.82) is 0 Å². The van der Waals surface area contributed by atoms with E-state index in [1.807, 2.05) is 38.1 Å². The van der Waals surface area contributed by atoms with Gasteiger partial charge in [0.25, 0.3) is 11.5 Å². The van der Waals surface area contributed by atoms with Crippen molar-refractivity contribution in [1.82, 2.24) is 14.9 Å². The minimum Gasteiger partial charge on any atom is -0.349 e. The number of hydrogen-bond donors (Lipinski definition) is 1. The van der Waals surface area contributed by atoms with Gasteiger partial charge < -0.3 is 9.88 Å². The van der Waals surface area contributed by atoms with Crippen molar-refractivity contribution in [3.05, 3.63) is 63.3 Å². The topological polar surface area (TPSA) is 64.0 Å². The Hall–Kier alpha value is -2.43. The highest BCUT2D eigenvalue weighted by atomic mass is 16.2. The van der Waals surface area contributed by atoms with Gasteiger partial charge in [-0.2, -0.15) is 0 Å². The highest BCUT2D eigenvalue weighted by Crippen LogP contribution is 2.06. The van der Waals surface area contributed by atoms with E-state index in [1.54, 1.807) is 20.2 Å². The second-order valence-electron chi connectivity index (χ2n) is 5.61. The van der Waals surface area contributed by atoms with Gasteiger partial charge in [-0.1, -0.05) is 6.07 Å². The van der Waals surface area contributed by atoms with Gasteiger partial charge >= 0.3 is 0 Å². The number of rotatable bonds is 4. The Balaban J connectivity index is 2.16. The normalized spacial score (nSPS) is 12.0. The standard InChI is InChI=1S/C17H21N3O2/c1-11-9-13(3)20(4)17(22)15(11)16(21)19-12(2)10-14-7-5-6-8-18-14/h5-9,12H,10H2,1-4H3,(H,19,21)/t12-/m1/s1. The van der Waals surface area contributed by atoms with Gasteiger partial charge in [-0.3, -0.25) is 14.6 Å². The van der Waals surface area contributed by atoms with E-state index in [1.165, 1.54) is 4.57 Å². The summed E-state index contributed by atoms with van der Waals surface area (Å²) < 4.78 is 1.49. The molecule has 0 fully saturated rings. The number of amides is 1. The number of aromatic nitrogens is 2. The molecule has 0 saturated heterocycles. The summed E-state index contributed by atoms with van der Waals surface area (Å²) in [6.07, 6.45) is 2.35. The third kappa shape index (κ3) is 3.42. The largest absolute Gasteiger partial charge is 0.349 e. The molecule has 5 nitrogen and oxygen atoms in total. The van der Waals surface area contributed by atoms with Crippen LogP contribution in [-0.2, 0) is 13.5 Å². The summed E-state index contributed by atoms with van der Waals surface area (Å²) in [5, 5.41) is 2.88. The first-order valence-corrected chi connectivity index (χ1v) is 7.28. The second-order valence-corrected chi connectivity index (χ2v) is 5.61. The molecule has 0 unspecified atom stereocenters. The predicted molar refractivity (Wildman–Crippen MR) is 86.0 cm³/mol. The van der Waals surface area contributed by atoms with E-state index < -0.39 is 0 Å². The Kier molecular flexibility index (Phi) is 4.75. The molecule has 2 rings (SSSR count). The monoisotopic (exact) mass is 299 g/mol. The van der Waals surface area contributed by atoms with Crippen LogP contribution in [0.25, 0.3) is 0 Å². The van der Waals surface area contributed by atoms with E-state index in [-0.39, 0.29) is 23.1 Å². The Morgan fingerprint density at radius 2 is 2.09 bits per heavy atom. The van der Waals surface area contributed by atoms with Crippen LogP contribution >= 0.6 is 0 Å². The Labute approximate surface area is 130 Å². The van der Waals surface area contributed by atoms with Crippen LogP contribution in [0.1, 0.15) is 34.2 Å². The molecule has 2 heterocycles. The molecular weight excluding hydrogens is 278 g/mol. The van der Waals surface area contributed by atoms with E-state index in [2.05, 4.69) is 10.3 Å². The summed E-state index contributed by atoms with van der Waals surface area (Å²) in [5.41, 5.74) is 2.38. The summed E-state index contributed by atoms with van der Waals surface area (Å²) in [7, 11) is 1.67. The van der Waals surface area contributed by atoms with Gasteiger partial charge in [-0.25, -0.2) is 0 Å². The van der Waals surface area contributed by atoms with Crippen molar-refractivity contribution in [3.63, 3.8) is 0 Å². The zero-order chi connectivity index (χ0) is 16.3. The molecule has 1 atom stereocenters. The minimum atomic E-state index is -0.332. The third-order valence-electron chi connectivity index (χ3n) is 3.71. The van der Waals surface area contributed by atoms with Gasteiger partial charge in [0.15, 0.2) is 0 Å². The SMILES string of the molecule is Cc1cc(C)n(C)c(=O)c1C(=O)N[C@H](C)Cc1ccccn1. The molecule has 0 aliphatic carbocycles. The molecule has 1 N–H and O–H groups in total. The Morgan fingerprint density at radius 1 is 1.36 bits per heavy atom. The molecule has 2 aromatic rings. The van der Waals surface area contributed by atoms with Gasteiger partial charge in [-0.15, -0.1) is 0 Å². The fraction of sp³-hybridized carbons (Fsp3) is 0.353. The van der Waals surface area contributed by atoms with Gasteiger partial charge in [0.05, 0.1) is 0 Å². The van der Waals surface area contributed by atoms with Crippen LogP contribution in [0, 0.1) is 13.8 Å². The lowest BCUT2D eigenvalue weighted by atomic mass is 10.1. The van der Waals surface area contributed by atoms with Gasteiger partial charge in [-0.05, 0) is 44.5 Å². The molecule has 5 heteroatoms. The van der Waals surface area contributed by atoms with Crippen molar-refractivity contribution in [2.24, 2.45) is 7.05 Å². The van der Waals surface area contributed by atoms with Crippen LogP contribution in [0.15, 0.2) is 35.3 Å². The maximum Gasteiger partial charge on any atom is 0.263 e. The maximum absolute atomic E-state index is 12.4. The molecular formula is C17H21N3O2. The number of pyridine rings is 2. The highest BCUT2D eigenvalue weighted by Gasteiger charge is 2.18. The van der Waals surface area contributed by atoms with E-state index in [0.717, 1.165) is 11.4 Å². The van der Waals surface area contributed by atoms with Crippen molar-refractivity contribution >= 4 is 5.91 Å². The molecule has 22 heavy (non-hydrogen) atoms. The van der Waals surface area contributed by atoms with Crippen molar-refractivity contribution in [2.75, 3.05) is 0 Å². The first kappa shape index (κ1) is 15.9. The molecule has 0 aromatic carbocycles. The lowest BCUT2D eigenvalue weighted by Gasteiger charge is -2.15. The summed E-state index contributed by atoms with van der Waals surface area (Å²) in [4.78, 5) is 28.9. The molecule has 0 saturated carbocycles. The van der Waals surface area contributed by atoms with Crippen LogP contribution in [0.5, 0.6) is 0 Å².